The van der Waals surface area contributed by atoms with Gasteiger partial charge in [-0.05, 0) is 43.3 Å². The fraction of sp³-hybridized carbons (Fsp3) is 0.364. The third kappa shape index (κ3) is 5.50. The van der Waals surface area contributed by atoms with Crippen molar-refractivity contribution in [2.24, 2.45) is 0 Å². The quantitative estimate of drug-likeness (QED) is 0.550. The summed E-state index contributed by atoms with van der Waals surface area (Å²) in [6, 6.07) is 12.7. The maximum atomic E-state index is 12.5. The van der Waals surface area contributed by atoms with E-state index in [0.717, 1.165) is 18.6 Å². The van der Waals surface area contributed by atoms with Crippen LogP contribution in [0.4, 0.5) is 0 Å². The average Bonchev–Trinajstić information content (AvgIpc) is 3.35. The van der Waals surface area contributed by atoms with Crippen LogP contribution in [-0.4, -0.2) is 63.2 Å². The van der Waals surface area contributed by atoms with Crippen LogP contribution in [0.25, 0.3) is 5.82 Å². The highest BCUT2D eigenvalue weighted by Gasteiger charge is 2.24. The summed E-state index contributed by atoms with van der Waals surface area (Å²) in [5.74, 6) is 2.50. The summed E-state index contributed by atoms with van der Waals surface area (Å²) in [4.78, 5) is 14.3. The summed E-state index contributed by atoms with van der Waals surface area (Å²) in [7, 11) is 0. The van der Waals surface area contributed by atoms with Crippen molar-refractivity contribution in [3.63, 3.8) is 0 Å². The molecule has 162 valence electrons. The van der Waals surface area contributed by atoms with Gasteiger partial charge < -0.3 is 19.1 Å². The van der Waals surface area contributed by atoms with Gasteiger partial charge in [0.1, 0.15) is 17.6 Å². The van der Waals surface area contributed by atoms with Gasteiger partial charge in [-0.3, -0.25) is 4.79 Å². The molecular weight excluding hydrogens is 398 g/mol. The van der Waals surface area contributed by atoms with Crippen LogP contribution in [0, 0.1) is 0 Å². The third-order valence-electron chi connectivity index (χ3n) is 4.94. The van der Waals surface area contributed by atoms with Crippen LogP contribution in [-0.2, 0) is 4.79 Å². The molecule has 3 heterocycles. The molecule has 2 aromatic heterocycles. The Morgan fingerprint density at radius 2 is 1.77 bits per heavy atom. The minimum absolute atomic E-state index is 0.000863. The van der Waals surface area contributed by atoms with Gasteiger partial charge in [0.15, 0.2) is 12.4 Å². The third-order valence-corrected chi connectivity index (χ3v) is 4.94. The SMILES string of the molecule is CCOc1ccc(OCC(=O)N2CCC(Oc3ccc(-n4cccn4)nn3)CC2)cc1. The molecule has 9 nitrogen and oxygen atoms in total. The van der Waals surface area contributed by atoms with Crippen molar-refractivity contribution >= 4 is 5.91 Å². The van der Waals surface area contributed by atoms with Crippen molar-refractivity contribution in [2.45, 2.75) is 25.9 Å². The van der Waals surface area contributed by atoms with E-state index in [0.29, 0.717) is 37.1 Å². The van der Waals surface area contributed by atoms with E-state index in [1.807, 2.05) is 31.2 Å². The van der Waals surface area contributed by atoms with Gasteiger partial charge >= 0.3 is 0 Å². The van der Waals surface area contributed by atoms with E-state index in [1.54, 1.807) is 40.2 Å². The molecule has 0 radical (unpaired) electrons. The van der Waals surface area contributed by atoms with Crippen LogP contribution in [0.15, 0.2) is 54.9 Å². The van der Waals surface area contributed by atoms with Crippen LogP contribution in [0.1, 0.15) is 19.8 Å². The standard InChI is InChI=1S/C22H25N5O4/c1-2-29-17-4-6-18(7-5-17)30-16-22(28)26-14-10-19(11-15-26)31-21-9-8-20(24-25-21)27-13-3-12-23-27/h3-9,12-13,19H,2,10-11,14-16H2,1H3. The molecule has 0 bridgehead atoms. The predicted octanol–water partition coefficient (Wildman–Crippen LogP) is 2.51. The number of aromatic nitrogens is 4. The molecule has 1 saturated heterocycles. The highest BCUT2D eigenvalue weighted by atomic mass is 16.5. The van der Waals surface area contributed by atoms with Crippen LogP contribution in [0.5, 0.6) is 17.4 Å². The molecule has 0 aliphatic carbocycles. The maximum absolute atomic E-state index is 12.5. The predicted molar refractivity (Wildman–Crippen MR) is 112 cm³/mol. The molecule has 3 aromatic rings. The average molecular weight is 423 g/mol. The van der Waals surface area contributed by atoms with Crippen molar-refractivity contribution in [2.75, 3.05) is 26.3 Å². The number of nitrogens with zero attached hydrogens (tertiary/aromatic N) is 5. The van der Waals surface area contributed by atoms with Gasteiger partial charge in [0, 0.05) is 44.4 Å². The van der Waals surface area contributed by atoms with Gasteiger partial charge in [-0.1, -0.05) is 0 Å². The van der Waals surface area contributed by atoms with Gasteiger partial charge in [-0.25, -0.2) is 4.68 Å². The number of rotatable bonds is 8. The molecule has 0 unspecified atom stereocenters. The van der Waals surface area contributed by atoms with Gasteiger partial charge in [-0.2, -0.15) is 5.10 Å². The first kappa shape index (κ1) is 20.6. The Morgan fingerprint density at radius 1 is 1.03 bits per heavy atom. The van der Waals surface area contributed by atoms with E-state index >= 15 is 0 Å². The fourth-order valence-corrected chi connectivity index (χ4v) is 3.33. The zero-order valence-corrected chi connectivity index (χ0v) is 17.4. The number of hydrogen-bond donors (Lipinski definition) is 0. The highest BCUT2D eigenvalue weighted by molar-refractivity contribution is 5.77. The maximum Gasteiger partial charge on any atom is 0.260 e. The summed E-state index contributed by atoms with van der Waals surface area (Å²) < 4.78 is 18.6. The van der Waals surface area contributed by atoms with Gasteiger partial charge in [0.2, 0.25) is 5.88 Å². The second-order valence-electron chi connectivity index (χ2n) is 7.07. The molecule has 1 fully saturated rings. The first-order chi connectivity index (χ1) is 15.2. The first-order valence-corrected chi connectivity index (χ1v) is 10.3. The summed E-state index contributed by atoms with van der Waals surface area (Å²) in [5, 5.41) is 12.4. The number of hydrogen-bond acceptors (Lipinski definition) is 7. The van der Waals surface area contributed by atoms with Crippen molar-refractivity contribution in [1.29, 1.82) is 0 Å². The van der Waals surface area contributed by atoms with E-state index in [4.69, 9.17) is 14.2 Å². The molecule has 31 heavy (non-hydrogen) atoms. The Kier molecular flexibility index (Phi) is 6.61. The van der Waals surface area contributed by atoms with E-state index in [9.17, 15) is 4.79 Å². The lowest BCUT2D eigenvalue weighted by Gasteiger charge is -2.31. The number of likely N-dealkylation sites (tertiary alicyclic amines) is 1. The monoisotopic (exact) mass is 423 g/mol. The number of carbonyl (C=O) groups is 1. The molecule has 1 aliphatic heterocycles. The molecule has 1 aliphatic rings. The molecule has 0 N–H and O–H groups in total. The molecule has 1 aromatic carbocycles. The van der Waals surface area contributed by atoms with Crippen LogP contribution in [0.2, 0.25) is 0 Å². The van der Waals surface area contributed by atoms with E-state index in [2.05, 4.69) is 15.3 Å². The lowest BCUT2D eigenvalue weighted by atomic mass is 10.1. The van der Waals surface area contributed by atoms with E-state index < -0.39 is 0 Å². The molecule has 4 rings (SSSR count). The van der Waals surface area contributed by atoms with E-state index in [1.165, 1.54) is 0 Å². The zero-order chi connectivity index (χ0) is 21.5. The molecule has 0 atom stereocenters. The van der Waals surface area contributed by atoms with Crippen molar-refractivity contribution in [3.05, 3.63) is 54.9 Å². The first-order valence-electron chi connectivity index (χ1n) is 10.3. The minimum Gasteiger partial charge on any atom is -0.494 e. The second-order valence-corrected chi connectivity index (χ2v) is 7.07. The lowest BCUT2D eigenvalue weighted by molar-refractivity contribution is -0.135. The largest absolute Gasteiger partial charge is 0.494 e. The number of amides is 1. The molecule has 0 saturated carbocycles. The van der Waals surface area contributed by atoms with Gasteiger partial charge in [-0.15, -0.1) is 10.2 Å². The van der Waals surface area contributed by atoms with Crippen molar-refractivity contribution in [1.82, 2.24) is 24.9 Å². The molecule has 9 heteroatoms. The van der Waals surface area contributed by atoms with Crippen molar-refractivity contribution in [3.8, 4) is 23.2 Å². The number of benzene rings is 1. The smallest absolute Gasteiger partial charge is 0.260 e. The summed E-state index contributed by atoms with van der Waals surface area (Å²) in [6.07, 6.45) is 4.96. The van der Waals surface area contributed by atoms with Crippen LogP contribution >= 0.6 is 0 Å². The van der Waals surface area contributed by atoms with Crippen LogP contribution in [0.3, 0.4) is 0 Å². The summed E-state index contributed by atoms with van der Waals surface area (Å²) in [5.41, 5.74) is 0. The van der Waals surface area contributed by atoms with Crippen LogP contribution < -0.4 is 14.2 Å². The number of carbonyl (C=O) groups excluding carboxylic acids is 1. The van der Waals surface area contributed by atoms with E-state index in [-0.39, 0.29) is 18.6 Å². The number of ether oxygens (including phenoxy) is 3. The number of piperidine rings is 1. The van der Waals surface area contributed by atoms with Crippen molar-refractivity contribution < 1.29 is 19.0 Å². The normalized spacial score (nSPS) is 14.3. The Bertz CT molecular complexity index is 953. The molecule has 1 amide bonds. The molecular formula is C22H25N5O4. The Labute approximate surface area is 180 Å². The van der Waals surface area contributed by atoms with Gasteiger partial charge in [0.05, 0.1) is 6.61 Å². The Morgan fingerprint density at radius 3 is 2.39 bits per heavy atom. The Hall–Kier alpha value is -3.62. The fourth-order valence-electron chi connectivity index (χ4n) is 3.33. The van der Waals surface area contributed by atoms with Gasteiger partial charge in [0.25, 0.3) is 5.91 Å². The Balaban J connectivity index is 1.20. The minimum atomic E-state index is -0.0318. The highest BCUT2D eigenvalue weighted by Crippen LogP contribution is 2.19. The molecule has 0 spiro atoms. The topological polar surface area (TPSA) is 91.6 Å². The summed E-state index contributed by atoms with van der Waals surface area (Å²) >= 11 is 0. The summed E-state index contributed by atoms with van der Waals surface area (Å²) in [6.45, 7) is 3.80. The lowest BCUT2D eigenvalue weighted by Crippen LogP contribution is -2.43. The second kappa shape index (κ2) is 9.92. The zero-order valence-electron chi connectivity index (χ0n) is 17.4.